The highest BCUT2D eigenvalue weighted by Gasteiger charge is 2.26. The van der Waals surface area contributed by atoms with E-state index in [1.54, 1.807) is 0 Å². The van der Waals surface area contributed by atoms with Gasteiger partial charge in [0.1, 0.15) is 0 Å². The zero-order valence-electron chi connectivity index (χ0n) is 17.2. The average Bonchev–Trinajstić information content (AvgIpc) is 2.71. The van der Waals surface area contributed by atoms with Crippen LogP contribution in [0.3, 0.4) is 0 Å². The maximum atomic E-state index is 13.5. The molecule has 2 aliphatic carbocycles. The van der Waals surface area contributed by atoms with E-state index in [4.69, 9.17) is 0 Å². The maximum absolute atomic E-state index is 13.5. The lowest BCUT2D eigenvalue weighted by Gasteiger charge is -2.32. The van der Waals surface area contributed by atoms with Gasteiger partial charge in [0.25, 0.3) is 0 Å². The van der Waals surface area contributed by atoms with Crippen LogP contribution in [0.15, 0.2) is 24.3 Å². The summed E-state index contributed by atoms with van der Waals surface area (Å²) in [5.41, 5.74) is 0.630. The molecular weight excluding hydrogens is 357 g/mol. The van der Waals surface area contributed by atoms with Crippen molar-refractivity contribution in [3.63, 3.8) is 0 Å². The van der Waals surface area contributed by atoms with Crippen LogP contribution in [0.4, 0.5) is 13.2 Å². The van der Waals surface area contributed by atoms with E-state index in [0.717, 1.165) is 49.9 Å². The molecule has 0 atom stereocenters. The Kier molecular flexibility index (Phi) is 8.05. The Morgan fingerprint density at radius 3 is 1.79 bits per heavy atom. The van der Waals surface area contributed by atoms with E-state index >= 15 is 0 Å². The lowest BCUT2D eigenvalue weighted by Crippen LogP contribution is -2.18. The molecule has 0 aromatic heterocycles. The Morgan fingerprint density at radius 1 is 0.750 bits per heavy atom. The standard InChI is InChI=1S/C25H35F3/c1-2-3-4-5-18-6-8-19(9-7-18)10-11-20-12-14-21(15-13-20)22-16-23(26)25(28)24(27)17-22/h3-4,16-21H,2,5-15H2,1H3. The highest BCUT2D eigenvalue weighted by Crippen LogP contribution is 2.40. The molecule has 0 bridgehead atoms. The SMILES string of the molecule is CCC=CCC1CCC(CCC2CCC(c3cc(F)c(F)c(F)c3)CC2)CC1. The molecule has 1 aromatic rings. The first kappa shape index (κ1) is 21.5. The number of benzene rings is 1. The Balaban J connectivity index is 1.37. The molecule has 2 aliphatic rings. The molecule has 0 spiro atoms. The summed E-state index contributed by atoms with van der Waals surface area (Å²) in [7, 11) is 0. The van der Waals surface area contributed by atoms with Crippen molar-refractivity contribution in [2.75, 3.05) is 0 Å². The molecule has 0 radical (unpaired) electrons. The van der Waals surface area contributed by atoms with Crippen molar-refractivity contribution in [2.45, 2.75) is 89.9 Å². The summed E-state index contributed by atoms with van der Waals surface area (Å²) in [5, 5.41) is 0. The molecule has 0 nitrogen and oxygen atoms in total. The van der Waals surface area contributed by atoms with E-state index in [1.807, 2.05) is 0 Å². The van der Waals surface area contributed by atoms with Gasteiger partial charge in [0.05, 0.1) is 0 Å². The lowest BCUT2D eigenvalue weighted by molar-refractivity contribution is 0.231. The molecule has 3 heteroatoms. The third-order valence-electron chi connectivity index (χ3n) is 7.15. The minimum absolute atomic E-state index is 0.174. The van der Waals surface area contributed by atoms with E-state index in [1.165, 1.54) is 57.1 Å². The van der Waals surface area contributed by atoms with Gasteiger partial charge in [-0.2, -0.15) is 0 Å². The van der Waals surface area contributed by atoms with Gasteiger partial charge in [-0.05, 0) is 92.7 Å². The Bertz CT molecular complexity index is 612. The zero-order valence-corrected chi connectivity index (χ0v) is 17.2. The summed E-state index contributed by atoms with van der Waals surface area (Å²) in [5.74, 6) is -0.760. The lowest BCUT2D eigenvalue weighted by atomic mass is 9.74. The van der Waals surface area contributed by atoms with Crippen molar-refractivity contribution in [1.29, 1.82) is 0 Å². The topological polar surface area (TPSA) is 0 Å². The van der Waals surface area contributed by atoms with Crippen LogP contribution in [0, 0.1) is 35.2 Å². The van der Waals surface area contributed by atoms with Crippen LogP contribution in [-0.4, -0.2) is 0 Å². The molecule has 3 rings (SSSR count). The first-order valence-electron chi connectivity index (χ1n) is 11.4. The molecule has 156 valence electrons. The van der Waals surface area contributed by atoms with E-state index in [9.17, 15) is 13.2 Å². The number of halogens is 3. The first-order valence-corrected chi connectivity index (χ1v) is 11.4. The quantitative estimate of drug-likeness (QED) is 0.323. The monoisotopic (exact) mass is 392 g/mol. The van der Waals surface area contributed by atoms with Crippen LogP contribution in [-0.2, 0) is 0 Å². The molecule has 28 heavy (non-hydrogen) atoms. The van der Waals surface area contributed by atoms with Gasteiger partial charge in [-0.1, -0.05) is 44.8 Å². The molecule has 0 saturated heterocycles. The highest BCUT2D eigenvalue weighted by atomic mass is 19.2. The number of rotatable bonds is 7. The van der Waals surface area contributed by atoms with Crippen molar-refractivity contribution in [1.82, 2.24) is 0 Å². The number of hydrogen-bond acceptors (Lipinski definition) is 0. The summed E-state index contributed by atoms with van der Waals surface area (Å²) in [6.45, 7) is 2.19. The summed E-state index contributed by atoms with van der Waals surface area (Å²) >= 11 is 0. The van der Waals surface area contributed by atoms with Gasteiger partial charge in [0.2, 0.25) is 0 Å². The van der Waals surface area contributed by atoms with Crippen molar-refractivity contribution in [2.24, 2.45) is 17.8 Å². The predicted molar refractivity (Wildman–Crippen MR) is 110 cm³/mol. The van der Waals surface area contributed by atoms with Crippen molar-refractivity contribution >= 4 is 0 Å². The van der Waals surface area contributed by atoms with E-state index in [-0.39, 0.29) is 5.92 Å². The fourth-order valence-corrected chi connectivity index (χ4v) is 5.28. The van der Waals surface area contributed by atoms with Crippen LogP contribution >= 0.6 is 0 Å². The summed E-state index contributed by atoms with van der Waals surface area (Å²) in [4.78, 5) is 0. The third-order valence-corrected chi connectivity index (χ3v) is 7.15. The normalized spacial score (nSPS) is 28.7. The second-order valence-electron chi connectivity index (χ2n) is 9.10. The van der Waals surface area contributed by atoms with E-state index in [2.05, 4.69) is 19.1 Å². The number of hydrogen-bond donors (Lipinski definition) is 0. The summed E-state index contributed by atoms with van der Waals surface area (Å²) < 4.78 is 40.2. The van der Waals surface area contributed by atoms with Crippen LogP contribution < -0.4 is 0 Å². The van der Waals surface area contributed by atoms with Gasteiger partial charge in [-0.15, -0.1) is 0 Å². The highest BCUT2D eigenvalue weighted by molar-refractivity contribution is 5.23. The molecule has 2 fully saturated rings. The average molecular weight is 393 g/mol. The van der Waals surface area contributed by atoms with Crippen molar-refractivity contribution in [3.05, 3.63) is 47.3 Å². The molecule has 0 amide bonds. The Hall–Kier alpha value is -1.25. The minimum atomic E-state index is -1.35. The predicted octanol–water partition coefficient (Wildman–Crippen LogP) is 8.32. The third kappa shape index (κ3) is 5.87. The largest absolute Gasteiger partial charge is 0.204 e. The van der Waals surface area contributed by atoms with Gasteiger partial charge < -0.3 is 0 Å². The van der Waals surface area contributed by atoms with Gasteiger partial charge >= 0.3 is 0 Å². The van der Waals surface area contributed by atoms with E-state index < -0.39 is 17.5 Å². The van der Waals surface area contributed by atoms with E-state index in [0.29, 0.717) is 5.56 Å². The van der Waals surface area contributed by atoms with Crippen LogP contribution in [0.1, 0.15) is 95.5 Å². The van der Waals surface area contributed by atoms with Crippen molar-refractivity contribution < 1.29 is 13.2 Å². The second-order valence-corrected chi connectivity index (χ2v) is 9.10. The maximum Gasteiger partial charge on any atom is 0.194 e. The number of allylic oxidation sites excluding steroid dienone is 2. The van der Waals surface area contributed by atoms with Crippen LogP contribution in [0.2, 0.25) is 0 Å². The fraction of sp³-hybridized carbons (Fsp3) is 0.680. The fourth-order valence-electron chi connectivity index (χ4n) is 5.28. The van der Waals surface area contributed by atoms with Crippen molar-refractivity contribution in [3.8, 4) is 0 Å². The minimum Gasteiger partial charge on any atom is -0.204 e. The molecule has 0 heterocycles. The van der Waals surface area contributed by atoms with Gasteiger partial charge in [0, 0.05) is 0 Å². The molecule has 2 saturated carbocycles. The molecule has 0 aliphatic heterocycles. The second kappa shape index (κ2) is 10.5. The van der Waals surface area contributed by atoms with Gasteiger partial charge in [-0.25, -0.2) is 13.2 Å². The Morgan fingerprint density at radius 2 is 1.25 bits per heavy atom. The molecular formula is C25H35F3. The van der Waals surface area contributed by atoms with Crippen LogP contribution in [0.5, 0.6) is 0 Å². The smallest absolute Gasteiger partial charge is 0.194 e. The molecule has 0 unspecified atom stereocenters. The zero-order chi connectivity index (χ0) is 19.9. The Labute approximate surface area is 168 Å². The summed E-state index contributed by atoms with van der Waals surface area (Å²) in [6, 6.07) is 2.38. The summed E-state index contributed by atoms with van der Waals surface area (Å²) in [6.07, 6.45) is 19.4. The molecule has 1 aromatic carbocycles. The van der Waals surface area contributed by atoms with Crippen LogP contribution in [0.25, 0.3) is 0 Å². The first-order chi connectivity index (χ1) is 13.6. The van der Waals surface area contributed by atoms with Gasteiger partial charge in [0.15, 0.2) is 17.5 Å². The van der Waals surface area contributed by atoms with Gasteiger partial charge in [-0.3, -0.25) is 0 Å². The molecule has 0 N–H and O–H groups in total.